The summed E-state index contributed by atoms with van der Waals surface area (Å²) in [6.45, 7) is 69.9. The van der Waals surface area contributed by atoms with Crippen LogP contribution in [0.3, 0.4) is 0 Å². The smallest absolute Gasteiger partial charge is 0.0110 e. The van der Waals surface area contributed by atoms with Gasteiger partial charge in [0.1, 0.15) is 0 Å². The van der Waals surface area contributed by atoms with Crippen molar-refractivity contribution in [1.29, 1.82) is 0 Å². The zero-order chi connectivity index (χ0) is 87.0. The number of nitrogens with zero attached hydrogens (tertiary/aromatic N) is 11. The third-order valence-electron chi connectivity index (χ3n) is 26.1. The van der Waals surface area contributed by atoms with Crippen molar-refractivity contribution in [1.82, 2.24) is 118 Å². The SMILES string of the molecule is CC1CCC1.CCCCN(CCN)CCN(CCN)CCN(CCN)CCCCCN(CCNCCNCCNCC)CCN(C)CCNCCNCCN.CCCCN(CCNC1CCC1)CCN(CCNC1CCC1)CCN(CCN)CCCCCN(CCNCCN(CCNCC)C1CCC1)CCN(C)CCNCCNCCNC1CCC1. The van der Waals surface area contributed by atoms with Crippen LogP contribution in [-0.4, -0.2) is 459 Å². The van der Waals surface area contributed by atoms with Gasteiger partial charge >= 0.3 is 0 Å². The predicted molar refractivity (Wildman–Crippen MR) is 526 cm³/mol. The number of rotatable bonds is 91. The molecular weight excluding hydrogens is 1510 g/mol. The monoisotopic (exact) mass is 1720 g/mol. The molecule has 5 aliphatic rings. The summed E-state index contributed by atoms with van der Waals surface area (Å²) in [6.07, 6.45) is 33.6. The van der Waals surface area contributed by atoms with Gasteiger partial charge in [-0.1, -0.05) is 105 Å². The van der Waals surface area contributed by atoms with Crippen molar-refractivity contribution >= 4 is 0 Å². The minimum Gasteiger partial charge on any atom is -0.329 e. The van der Waals surface area contributed by atoms with E-state index in [0.717, 1.165) is 338 Å². The van der Waals surface area contributed by atoms with Gasteiger partial charge < -0.3 is 132 Å². The van der Waals surface area contributed by atoms with E-state index in [-0.39, 0.29) is 0 Å². The maximum atomic E-state index is 6.23. The van der Waals surface area contributed by atoms with Crippen molar-refractivity contribution in [2.24, 2.45) is 34.6 Å². The molecule has 0 aromatic rings. The Morgan fingerprint density at radius 3 is 0.802 bits per heavy atom. The van der Waals surface area contributed by atoms with Crippen LogP contribution in [0, 0.1) is 5.92 Å². The average Bonchev–Trinajstić information content (AvgIpc) is 0.873. The van der Waals surface area contributed by atoms with Gasteiger partial charge in [0.05, 0.1) is 0 Å². The largest absolute Gasteiger partial charge is 0.329 e. The van der Waals surface area contributed by atoms with Crippen molar-refractivity contribution in [3.8, 4) is 0 Å². The van der Waals surface area contributed by atoms with E-state index < -0.39 is 0 Å². The summed E-state index contributed by atoms with van der Waals surface area (Å²) < 4.78 is 0. The van der Waals surface area contributed by atoms with Crippen molar-refractivity contribution in [3.05, 3.63) is 0 Å². The lowest BCUT2D eigenvalue weighted by Gasteiger charge is -2.37. The van der Waals surface area contributed by atoms with Crippen LogP contribution in [0.25, 0.3) is 0 Å². The van der Waals surface area contributed by atoms with Crippen LogP contribution in [0.2, 0.25) is 0 Å². The van der Waals surface area contributed by atoms with Gasteiger partial charge in [-0.05, 0) is 162 Å². The van der Waals surface area contributed by atoms with Crippen molar-refractivity contribution in [2.45, 2.75) is 219 Å². The standard InChI is InChI=1S/C52H112N14.C36H88N14.C5H10/c1-4-6-33-63(39-31-59-50-16-11-17-50)46-48-65(40-32-60-51-18-12-19-51)47-45-62(36-22-53)34-8-7-9-35-64(38-28-57-30-42-66(41-29-54-5-2)52-20-13-21-52)44-43-61(3)37-27-56-24-23-55-25-26-58-49-14-10-15-49;1-4-6-23-47(26-11-38)33-35-50(28-13-40)36-34-48(27-12-39)24-8-7-9-25-49(30-22-45-20-18-43-16-15-41-5-2)32-31-46(3)29-21-44-19-17-42-14-10-37;1-5-3-2-4-5/h49-52,54-60H,4-48,53H2,1-3H3;41-45H,4-40H2,1-3H3;5H,2-4H2,1H3. The van der Waals surface area contributed by atoms with Gasteiger partial charge in [0.15, 0.2) is 0 Å². The molecular formula is C93H210N28. The predicted octanol–water partition coefficient (Wildman–Crippen LogP) is 2.42. The molecule has 0 saturated heterocycles. The normalized spacial score (nSPS) is 15.7. The molecule has 722 valence electrons. The fraction of sp³-hybridized carbons (Fsp3) is 1.00. The summed E-state index contributed by atoms with van der Waals surface area (Å²) in [4.78, 5) is 28.9. The molecule has 0 amide bonds. The molecule has 0 radical (unpaired) electrons. The van der Waals surface area contributed by atoms with Gasteiger partial charge in [0.25, 0.3) is 0 Å². The second-order valence-corrected chi connectivity index (χ2v) is 36.5. The van der Waals surface area contributed by atoms with Gasteiger partial charge in [-0.2, -0.15) is 0 Å². The molecule has 5 aliphatic carbocycles. The Morgan fingerprint density at radius 1 is 0.223 bits per heavy atom. The fourth-order valence-corrected chi connectivity index (χ4v) is 16.2. The van der Waals surface area contributed by atoms with Crippen LogP contribution in [0.4, 0.5) is 0 Å². The molecule has 5 rings (SSSR count). The first kappa shape index (κ1) is 114. The Balaban J connectivity index is 0.000000611. The first-order valence-corrected chi connectivity index (χ1v) is 51.5. The third-order valence-corrected chi connectivity index (χ3v) is 26.1. The molecule has 0 aliphatic heterocycles. The molecule has 0 aromatic heterocycles. The summed E-state index contributed by atoms with van der Waals surface area (Å²) in [5.41, 5.74) is 29.7. The summed E-state index contributed by atoms with van der Waals surface area (Å²) in [5, 5.41) is 43.4. The van der Waals surface area contributed by atoms with Crippen molar-refractivity contribution in [3.63, 3.8) is 0 Å². The van der Waals surface area contributed by atoms with E-state index in [0.29, 0.717) is 19.6 Å². The Hall–Kier alpha value is -1.12. The fourth-order valence-electron chi connectivity index (χ4n) is 16.2. The van der Waals surface area contributed by atoms with Crippen LogP contribution in [0.1, 0.15) is 195 Å². The second kappa shape index (κ2) is 84.4. The highest BCUT2D eigenvalue weighted by Crippen LogP contribution is 2.25. The first-order chi connectivity index (χ1) is 59.5. The molecule has 121 heavy (non-hydrogen) atoms. The molecule has 5 fully saturated rings. The zero-order valence-electron chi connectivity index (χ0n) is 81.0. The molecule has 0 aromatic carbocycles. The quantitative estimate of drug-likeness (QED) is 0.0389. The molecule has 0 spiro atoms. The highest BCUT2D eigenvalue weighted by Gasteiger charge is 2.25. The molecule has 22 N–H and O–H groups in total. The zero-order valence-corrected chi connectivity index (χ0v) is 81.0. The molecule has 0 bridgehead atoms. The van der Waals surface area contributed by atoms with E-state index in [4.69, 9.17) is 28.7 Å². The summed E-state index contributed by atoms with van der Waals surface area (Å²) >= 11 is 0. The lowest BCUT2D eigenvalue weighted by Crippen LogP contribution is -2.47. The lowest BCUT2D eigenvalue weighted by atomic mass is 9.88. The van der Waals surface area contributed by atoms with Crippen LogP contribution >= 0.6 is 0 Å². The van der Waals surface area contributed by atoms with E-state index >= 15 is 0 Å². The van der Waals surface area contributed by atoms with Gasteiger partial charge in [-0.25, -0.2) is 0 Å². The minimum absolute atomic E-state index is 0.693. The lowest BCUT2D eigenvalue weighted by molar-refractivity contribution is 0.128. The Kier molecular flexibility index (Phi) is 79.6. The van der Waals surface area contributed by atoms with E-state index in [2.05, 4.69) is 166 Å². The number of hydrogen-bond acceptors (Lipinski definition) is 28. The highest BCUT2D eigenvalue weighted by atomic mass is 15.3. The maximum absolute atomic E-state index is 6.23. The molecule has 28 heteroatoms. The van der Waals surface area contributed by atoms with E-state index in [1.54, 1.807) is 0 Å². The Labute approximate surface area is 748 Å². The number of nitrogens with one attached hydrogen (secondary N) is 12. The van der Waals surface area contributed by atoms with Crippen molar-refractivity contribution in [2.75, 3.05) is 381 Å². The average molecular weight is 1720 g/mol. The van der Waals surface area contributed by atoms with Gasteiger partial charge in [0, 0.05) is 338 Å². The van der Waals surface area contributed by atoms with E-state index in [1.165, 1.54) is 200 Å². The van der Waals surface area contributed by atoms with E-state index in [1.807, 2.05) is 0 Å². The van der Waals surface area contributed by atoms with Crippen LogP contribution in [0.15, 0.2) is 0 Å². The molecule has 0 atom stereocenters. The minimum atomic E-state index is 0.693. The summed E-state index contributed by atoms with van der Waals surface area (Å²) in [7, 11) is 4.55. The highest BCUT2D eigenvalue weighted by molar-refractivity contribution is 4.83. The number of nitrogens with two attached hydrogens (primary N) is 5. The topological polar surface area (TPSA) is 310 Å². The Bertz CT molecular complexity index is 2090. The second-order valence-electron chi connectivity index (χ2n) is 36.5. The summed E-state index contributed by atoms with van der Waals surface area (Å²) in [5.74, 6) is 1.06. The molecule has 0 unspecified atom stereocenters. The molecule has 28 nitrogen and oxygen atoms in total. The number of likely N-dealkylation sites (N-methyl/N-ethyl adjacent to an activating group) is 4. The van der Waals surface area contributed by atoms with Gasteiger partial charge in [-0.3, -0.25) is 14.7 Å². The number of hydrogen-bond donors (Lipinski definition) is 17. The van der Waals surface area contributed by atoms with Gasteiger partial charge in [-0.15, -0.1) is 0 Å². The van der Waals surface area contributed by atoms with E-state index in [9.17, 15) is 0 Å². The van der Waals surface area contributed by atoms with Gasteiger partial charge in [0.2, 0.25) is 0 Å². The van der Waals surface area contributed by atoms with Crippen LogP contribution < -0.4 is 92.5 Å². The van der Waals surface area contributed by atoms with Crippen LogP contribution in [0.5, 0.6) is 0 Å². The number of unbranched alkanes of at least 4 members (excludes halogenated alkanes) is 6. The molecule has 0 heterocycles. The molecule has 5 saturated carbocycles. The Morgan fingerprint density at radius 2 is 0.479 bits per heavy atom. The van der Waals surface area contributed by atoms with Crippen molar-refractivity contribution < 1.29 is 0 Å². The maximum Gasteiger partial charge on any atom is 0.0110 e. The third kappa shape index (κ3) is 66.8. The summed E-state index contributed by atoms with van der Waals surface area (Å²) in [6, 6.07) is 3.12. The van der Waals surface area contributed by atoms with Crippen LogP contribution in [-0.2, 0) is 0 Å². The first-order valence-electron chi connectivity index (χ1n) is 51.5.